The van der Waals surface area contributed by atoms with Crippen LogP contribution in [0.1, 0.15) is 56.9 Å². The molecule has 3 rings (SSSR count). The number of benzene rings is 1. The highest BCUT2D eigenvalue weighted by molar-refractivity contribution is 5.79. The maximum atomic E-state index is 12.5. The number of rotatable bonds is 3. The summed E-state index contributed by atoms with van der Waals surface area (Å²) in [6.45, 7) is 3.22. The number of hydrogen-bond donors (Lipinski definition) is 2. The van der Waals surface area contributed by atoms with E-state index in [1.54, 1.807) is 0 Å². The van der Waals surface area contributed by atoms with E-state index in [2.05, 4.69) is 47.9 Å². The minimum absolute atomic E-state index is 0.227. The summed E-state index contributed by atoms with van der Waals surface area (Å²) in [6.07, 6.45) is 6.48. The van der Waals surface area contributed by atoms with Crippen LogP contribution >= 0.6 is 0 Å². The molecule has 1 saturated carbocycles. The fourth-order valence-electron chi connectivity index (χ4n) is 4.00. The SMILES string of the molecule is CC1CC(NC(=O)C2CCC(c3ccccc3)CC2)CCN1. The molecule has 2 unspecified atom stereocenters. The lowest BCUT2D eigenvalue weighted by molar-refractivity contribution is -0.127. The van der Waals surface area contributed by atoms with Crippen LogP contribution in [0.5, 0.6) is 0 Å². The second-order valence-electron chi connectivity index (χ2n) is 7.04. The minimum atomic E-state index is 0.227. The normalized spacial score (nSPS) is 32.4. The summed E-state index contributed by atoms with van der Waals surface area (Å²) in [5.41, 5.74) is 1.44. The van der Waals surface area contributed by atoms with Crippen molar-refractivity contribution in [3.8, 4) is 0 Å². The van der Waals surface area contributed by atoms with Crippen LogP contribution in [0.15, 0.2) is 30.3 Å². The Labute approximate surface area is 133 Å². The number of piperidine rings is 1. The number of hydrogen-bond acceptors (Lipinski definition) is 2. The molecule has 1 amide bonds. The van der Waals surface area contributed by atoms with Gasteiger partial charge < -0.3 is 10.6 Å². The highest BCUT2D eigenvalue weighted by Crippen LogP contribution is 2.35. The third-order valence-corrected chi connectivity index (χ3v) is 5.34. The Morgan fingerprint density at radius 2 is 1.82 bits per heavy atom. The maximum Gasteiger partial charge on any atom is 0.223 e. The second-order valence-corrected chi connectivity index (χ2v) is 7.04. The van der Waals surface area contributed by atoms with Crippen LogP contribution in [0.4, 0.5) is 0 Å². The summed E-state index contributed by atoms with van der Waals surface area (Å²) in [4.78, 5) is 12.5. The Morgan fingerprint density at radius 3 is 2.50 bits per heavy atom. The monoisotopic (exact) mass is 300 g/mol. The molecular weight excluding hydrogens is 272 g/mol. The van der Waals surface area contributed by atoms with Crippen molar-refractivity contribution in [1.82, 2.24) is 10.6 Å². The first-order chi connectivity index (χ1) is 10.7. The molecular formula is C19H28N2O. The van der Waals surface area contributed by atoms with Gasteiger partial charge in [0.05, 0.1) is 0 Å². The average molecular weight is 300 g/mol. The standard InChI is InChI=1S/C19H28N2O/c1-14-13-18(11-12-20-14)21-19(22)17-9-7-16(8-10-17)15-5-3-2-4-6-15/h2-6,14,16-18,20H,7-13H2,1H3,(H,21,22). The van der Waals surface area contributed by atoms with Crippen molar-refractivity contribution < 1.29 is 4.79 Å². The van der Waals surface area contributed by atoms with Crippen molar-refractivity contribution in [2.24, 2.45) is 5.92 Å². The molecule has 0 aromatic heterocycles. The molecule has 3 nitrogen and oxygen atoms in total. The van der Waals surface area contributed by atoms with E-state index in [4.69, 9.17) is 0 Å². The van der Waals surface area contributed by atoms with Crippen LogP contribution in [0.25, 0.3) is 0 Å². The maximum absolute atomic E-state index is 12.5. The zero-order valence-electron chi connectivity index (χ0n) is 13.6. The Kier molecular flexibility index (Phi) is 5.14. The van der Waals surface area contributed by atoms with Crippen LogP contribution in [0, 0.1) is 5.92 Å². The van der Waals surface area contributed by atoms with E-state index >= 15 is 0 Å². The first-order valence-corrected chi connectivity index (χ1v) is 8.81. The van der Waals surface area contributed by atoms with E-state index < -0.39 is 0 Å². The van der Waals surface area contributed by atoms with Crippen LogP contribution in [0.2, 0.25) is 0 Å². The predicted molar refractivity (Wildman–Crippen MR) is 89.8 cm³/mol. The van der Waals surface area contributed by atoms with E-state index in [1.807, 2.05) is 0 Å². The predicted octanol–water partition coefficient (Wildman–Crippen LogP) is 3.22. The quantitative estimate of drug-likeness (QED) is 0.900. The van der Waals surface area contributed by atoms with Crippen molar-refractivity contribution in [2.45, 2.75) is 63.5 Å². The first-order valence-electron chi connectivity index (χ1n) is 8.81. The molecule has 1 aromatic carbocycles. The molecule has 3 heteroatoms. The average Bonchev–Trinajstić information content (AvgIpc) is 2.56. The van der Waals surface area contributed by atoms with Gasteiger partial charge in [0, 0.05) is 18.0 Å². The van der Waals surface area contributed by atoms with Crippen LogP contribution in [-0.4, -0.2) is 24.5 Å². The molecule has 2 N–H and O–H groups in total. The molecule has 2 fully saturated rings. The van der Waals surface area contributed by atoms with Crippen molar-refractivity contribution in [3.05, 3.63) is 35.9 Å². The van der Waals surface area contributed by atoms with Gasteiger partial charge in [-0.1, -0.05) is 30.3 Å². The van der Waals surface area contributed by atoms with Crippen molar-refractivity contribution in [2.75, 3.05) is 6.54 Å². The molecule has 22 heavy (non-hydrogen) atoms. The molecule has 0 spiro atoms. The van der Waals surface area contributed by atoms with Crippen molar-refractivity contribution in [1.29, 1.82) is 0 Å². The highest BCUT2D eigenvalue weighted by atomic mass is 16.1. The lowest BCUT2D eigenvalue weighted by Gasteiger charge is -2.32. The second kappa shape index (κ2) is 7.28. The molecule has 2 atom stereocenters. The molecule has 1 aliphatic carbocycles. The number of nitrogens with one attached hydrogen (secondary N) is 2. The van der Waals surface area contributed by atoms with Gasteiger partial charge in [0.1, 0.15) is 0 Å². The van der Waals surface area contributed by atoms with Gasteiger partial charge in [0.15, 0.2) is 0 Å². The number of carbonyl (C=O) groups is 1. The Morgan fingerprint density at radius 1 is 1.09 bits per heavy atom. The Hall–Kier alpha value is -1.35. The van der Waals surface area contributed by atoms with Crippen LogP contribution in [-0.2, 0) is 4.79 Å². The van der Waals surface area contributed by atoms with Gasteiger partial charge in [0.2, 0.25) is 5.91 Å². The molecule has 0 bridgehead atoms. The summed E-state index contributed by atoms with van der Waals surface area (Å²) in [7, 11) is 0. The highest BCUT2D eigenvalue weighted by Gasteiger charge is 2.29. The van der Waals surface area contributed by atoms with Gasteiger partial charge in [-0.05, 0) is 63.5 Å². The molecule has 120 valence electrons. The van der Waals surface area contributed by atoms with E-state index in [0.29, 0.717) is 23.9 Å². The lowest BCUT2D eigenvalue weighted by atomic mass is 9.78. The van der Waals surface area contributed by atoms with Gasteiger partial charge in [-0.15, -0.1) is 0 Å². The van der Waals surface area contributed by atoms with Gasteiger partial charge in [-0.3, -0.25) is 4.79 Å². The zero-order valence-corrected chi connectivity index (χ0v) is 13.6. The fraction of sp³-hybridized carbons (Fsp3) is 0.632. The van der Waals surface area contributed by atoms with Crippen molar-refractivity contribution in [3.63, 3.8) is 0 Å². The molecule has 1 aromatic rings. The van der Waals surface area contributed by atoms with E-state index in [1.165, 1.54) is 5.56 Å². The van der Waals surface area contributed by atoms with E-state index in [0.717, 1.165) is 45.1 Å². The van der Waals surface area contributed by atoms with Crippen molar-refractivity contribution >= 4 is 5.91 Å². The molecule has 2 aliphatic rings. The first kappa shape index (κ1) is 15.5. The van der Waals surface area contributed by atoms with Gasteiger partial charge >= 0.3 is 0 Å². The topological polar surface area (TPSA) is 41.1 Å². The molecule has 1 aliphatic heterocycles. The number of amides is 1. The van der Waals surface area contributed by atoms with E-state index in [-0.39, 0.29) is 5.92 Å². The minimum Gasteiger partial charge on any atom is -0.353 e. The Bertz CT molecular complexity index is 479. The number of carbonyl (C=O) groups excluding carboxylic acids is 1. The Balaban J connectivity index is 1.47. The van der Waals surface area contributed by atoms with Gasteiger partial charge in [-0.25, -0.2) is 0 Å². The molecule has 1 heterocycles. The molecule has 0 radical (unpaired) electrons. The van der Waals surface area contributed by atoms with Gasteiger partial charge in [0.25, 0.3) is 0 Å². The summed E-state index contributed by atoms with van der Waals surface area (Å²) in [5, 5.41) is 6.73. The zero-order chi connectivity index (χ0) is 15.4. The third-order valence-electron chi connectivity index (χ3n) is 5.34. The van der Waals surface area contributed by atoms with Crippen LogP contribution < -0.4 is 10.6 Å². The lowest BCUT2D eigenvalue weighted by Crippen LogP contribution is -2.48. The smallest absolute Gasteiger partial charge is 0.223 e. The summed E-state index contributed by atoms with van der Waals surface area (Å²) in [6, 6.07) is 11.6. The van der Waals surface area contributed by atoms with Crippen LogP contribution in [0.3, 0.4) is 0 Å². The van der Waals surface area contributed by atoms with Gasteiger partial charge in [-0.2, -0.15) is 0 Å². The fourth-order valence-corrected chi connectivity index (χ4v) is 4.00. The summed E-state index contributed by atoms with van der Waals surface area (Å²) in [5.74, 6) is 1.17. The summed E-state index contributed by atoms with van der Waals surface area (Å²) < 4.78 is 0. The molecule has 1 saturated heterocycles. The summed E-state index contributed by atoms with van der Waals surface area (Å²) >= 11 is 0. The third kappa shape index (κ3) is 3.89. The largest absolute Gasteiger partial charge is 0.353 e. The van der Waals surface area contributed by atoms with E-state index in [9.17, 15) is 4.79 Å².